The molecule has 0 aliphatic heterocycles. The SMILES string of the molecule is Cc1cc(C(=O)N[C@H]2CCC[C@H](C)[C@@H]2C)ccc1[N+](=O)[O-]. The fourth-order valence-corrected chi connectivity index (χ4v) is 3.04. The number of carbonyl (C=O) groups is 1. The standard InChI is InChI=1S/C16H22N2O3/c1-10-5-4-6-14(12(10)3)17-16(19)13-7-8-15(18(20)21)11(2)9-13/h7-10,12,14H,4-6H2,1-3H3,(H,17,19)/t10-,12-,14-/m0/s1. The first-order valence-electron chi connectivity index (χ1n) is 7.46. The van der Waals surface area contributed by atoms with Crippen molar-refractivity contribution in [2.75, 3.05) is 0 Å². The molecular formula is C16H22N2O3. The molecule has 0 aromatic heterocycles. The van der Waals surface area contributed by atoms with E-state index in [4.69, 9.17) is 0 Å². The van der Waals surface area contributed by atoms with E-state index in [9.17, 15) is 14.9 Å². The lowest BCUT2D eigenvalue weighted by Crippen LogP contribution is -2.43. The van der Waals surface area contributed by atoms with Gasteiger partial charge in [0.1, 0.15) is 0 Å². The second-order valence-corrected chi connectivity index (χ2v) is 6.11. The number of nitrogens with zero attached hydrogens (tertiary/aromatic N) is 1. The summed E-state index contributed by atoms with van der Waals surface area (Å²) >= 11 is 0. The Morgan fingerprint density at radius 2 is 2.05 bits per heavy atom. The molecule has 1 aromatic rings. The Balaban J connectivity index is 2.10. The molecule has 0 saturated heterocycles. The highest BCUT2D eigenvalue weighted by atomic mass is 16.6. The third-order valence-electron chi connectivity index (χ3n) is 4.68. The summed E-state index contributed by atoms with van der Waals surface area (Å²) in [5, 5.41) is 13.9. The van der Waals surface area contributed by atoms with Crippen LogP contribution in [0.4, 0.5) is 5.69 Å². The predicted octanol–water partition coefficient (Wildman–Crippen LogP) is 3.46. The van der Waals surface area contributed by atoms with Gasteiger partial charge in [-0.15, -0.1) is 0 Å². The van der Waals surface area contributed by atoms with Crippen molar-refractivity contribution in [3.8, 4) is 0 Å². The summed E-state index contributed by atoms with van der Waals surface area (Å²) in [6.45, 7) is 6.05. The first-order valence-corrected chi connectivity index (χ1v) is 7.46. The van der Waals surface area contributed by atoms with Crippen LogP contribution in [0, 0.1) is 28.9 Å². The summed E-state index contributed by atoms with van der Waals surface area (Å²) in [6, 6.07) is 4.70. The highest BCUT2D eigenvalue weighted by Crippen LogP contribution is 2.29. The molecule has 3 atom stereocenters. The van der Waals surface area contributed by atoms with Gasteiger partial charge < -0.3 is 5.32 Å². The van der Waals surface area contributed by atoms with Crippen LogP contribution in [0.1, 0.15) is 49.0 Å². The Labute approximate surface area is 124 Å². The lowest BCUT2D eigenvalue weighted by molar-refractivity contribution is -0.385. The molecule has 0 bridgehead atoms. The molecule has 5 heteroatoms. The molecule has 0 heterocycles. The number of benzene rings is 1. The summed E-state index contributed by atoms with van der Waals surface area (Å²) in [6.07, 6.45) is 3.35. The van der Waals surface area contributed by atoms with E-state index in [1.54, 1.807) is 13.0 Å². The lowest BCUT2D eigenvalue weighted by Gasteiger charge is -2.34. The molecule has 1 fully saturated rings. The zero-order valence-corrected chi connectivity index (χ0v) is 12.8. The van der Waals surface area contributed by atoms with E-state index >= 15 is 0 Å². The summed E-state index contributed by atoms with van der Waals surface area (Å²) in [5.41, 5.74) is 1.05. The number of carbonyl (C=O) groups excluding carboxylic acids is 1. The van der Waals surface area contributed by atoms with Gasteiger partial charge in [0.2, 0.25) is 0 Å². The summed E-state index contributed by atoms with van der Waals surface area (Å²) in [4.78, 5) is 22.7. The van der Waals surface area contributed by atoms with Crippen molar-refractivity contribution in [2.24, 2.45) is 11.8 Å². The van der Waals surface area contributed by atoms with Gasteiger partial charge in [-0.05, 0) is 37.3 Å². The molecule has 2 rings (SSSR count). The van der Waals surface area contributed by atoms with Gasteiger partial charge in [0.15, 0.2) is 0 Å². The van der Waals surface area contributed by atoms with E-state index < -0.39 is 4.92 Å². The Morgan fingerprint density at radius 1 is 1.33 bits per heavy atom. The Hall–Kier alpha value is -1.91. The maximum Gasteiger partial charge on any atom is 0.272 e. The van der Waals surface area contributed by atoms with E-state index in [1.165, 1.54) is 18.6 Å². The van der Waals surface area contributed by atoms with Crippen molar-refractivity contribution >= 4 is 11.6 Å². The van der Waals surface area contributed by atoms with Crippen LogP contribution in [0.5, 0.6) is 0 Å². The van der Waals surface area contributed by atoms with Gasteiger partial charge >= 0.3 is 0 Å². The number of nitro groups is 1. The molecule has 5 nitrogen and oxygen atoms in total. The quantitative estimate of drug-likeness (QED) is 0.684. The largest absolute Gasteiger partial charge is 0.349 e. The molecule has 0 unspecified atom stereocenters. The number of nitro benzene ring substituents is 1. The van der Waals surface area contributed by atoms with Crippen LogP contribution in [-0.4, -0.2) is 16.9 Å². The molecule has 21 heavy (non-hydrogen) atoms. The molecule has 1 aliphatic rings. The number of rotatable bonds is 3. The molecule has 114 valence electrons. The number of aryl methyl sites for hydroxylation is 1. The van der Waals surface area contributed by atoms with Crippen LogP contribution in [-0.2, 0) is 0 Å². The van der Waals surface area contributed by atoms with Crippen LogP contribution in [0.15, 0.2) is 18.2 Å². The van der Waals surface area contributed by atoms with E-state index in [0.29, 0.717) is 23.0 Å². The highest BCUT2D eigenvalue weighted by Gasteiger charge is 2.28. The van der Waals surface area contributed by atoms with E-state index in [2.05, 4.69) is 19.2 Å². The highest BCUT2D eigenvalue weighted by molar-refractivity contribution is 5.94. The Morgan fingerprint density at radius 3 is 2.67 bits per heavy atom. The normalized spacial score (nSPS) is 25.4. The van der Waals surface area contributed by atoms with E-state index in [1.807, 2.05) is 0 Å². The monoisotopic (exact) mass is 290 g/mol. The van der Waals surface area contributed by atoms with Crippen molar-refractivity contribution in [1.29, 1.82) is 0 Å². The number of hydrogen-bond acceptors (Lipinski definition) is 3. The van der Waals surface area contributed by atoms with E-state index in [-0.39, 0.29) is 17.6 Å². The van der Waals surface area contributed by atoms with Crippen LogP contribution < -0.4 is 5.32 Å². The predicted molar refractivity (Wildman–Crippen MR) is 81.3 cm³/mol. The van der Waals surface area contributed by atoms with Gasteiger partial charge in [-0.3, -0.25) is 14.9 Å². The van der Waals surface area contributed by atoms with Crippen molar-refractivity contribution in [2.45, 2.75) is 46.1 Å². The maximum absolute atomic E-state index is 12.3. The number of hydrogen-bond donors (Lipinski definition) is 1. The fourth-order valence-electron chi connectivity index (χ4n) is 3.04. The average molecular weight is 290 g/mol. The Bertz CT molecular complexity index is 556. The smallest absolute Gasteiger partial charge is 0.272 e. The minimum atomic E-state index is -0.429. The number of amides is 1. The molecule has 0 radical (unpaired) electrons. The molecular weight excluding hydrogens is 268 g/mol. The van der Waals surface area contributed by atoms with Crippen LogP contribution >= 0.6 is 0 Å². The van der Waals surface area contributed by atoms with Crippen molar-refractivity contribution in [3.05, 3.63) is 39.4 Å². The minimum Gasteiger partial charge on any atom is -0.349 e. The summed E-state index contributed by atoms with van der Waals surface area (Å²) in [7, 11) is 0. The Kier molecular flexibility index (Phi) is 4.60. The van der Waals surface area contributed by atoms with Gasteiger partial charge in [0.05, 0.1) is 4.92 Å². The van der Waals surface area contributed by atoms with Gasteiger partial charge in [-0.2, -0.15) is 0 Å². The van der Waals surface area contributed by atoms with Crippen molar-refractivity contribution in [1.82, 2.24) is 5.32 Å². The zero-order valence-electron chi connectivity index (χ0n) is 12.8. The van der Waals surface area contributed by atoms with Gasteiger partial charge in [0, 0.05) is 23.2 Å². The van der Waals surface area contributed by atoms with Crippen LogP contribution in [0.2, 0.25) is 0 Å². The van der Waals surface area contributed by atoms with Gasteiger partial charge in [-0.1, -0.05) is 26.7 Å². The van der Waals surface area contributed by atoms with Gasteiger partial charge in [-0.25, -0.2) is 0 Å². The summed E-state index contributed by atoms with van der Waals surface area (Å²) in [5.74, 6) is 0.934. The van der Waals surface area contributed by atoms with Crippen LogP contribution in [0.3, 0.4) is 0 Å². The number of nitrogens with one attached hydrogen (secondary N) is 1. The van der Waals surface area contributed by atoms with Crippen LogP contribution in [0.25, 0.3) is 0 Å². The summed E-state index contributed by atoms with van der Waals surface area (Å²) < 4.78 is 0. The lowest BCUT2D eigenvalue weighted by atomic mass is 9.78. The molecule has 1 saturated carbocycles. The second-order valence-electron chi connectivity index (χ2n) is 6.11. The fraction of sp³-hybridized carbons (Fsp3) is 0.562. The zero-order chi connectivity index (χ0) is 15.6. The molecule has 1 amide bonds. The molecule has 0 spiro atoms. The molecule has 1 N–H and O–H groups in total. The molecule has 1 aliphatic carbocycles. The van der Waals surface area contributed by atoms with Crippen molar-refractivity contribution < 1.29 is 9.72 Å². The first-order chi connectivity index (χ1) is 9.90. The molecule has 1 aromatic carbocycles. The topological polar surface area (TPSA) is 72.2 Å². The third kappa shape index (κ3) is 3.40. The van der Waals surface area contributed by atoms with Crippen molar-refractivity contribution in [3.63, 3.8) is 0 Å². The second kappa shape index (κ2) is 6.24. The first kappa shape index (κ1) is 15.5. The van der Waals surface area contributed by atoms with Gasteiger partial charge in [0.25, 0.3) is 11.6 Å². The minimum absolute atomic E-state index is 0.0474. The third-order valence-corrected chi connectivity index (χ3v) is 4.68. The maximum atomic E-state index is 12.3. The van der Waals surface area contributed by atoms with E-state index in [0.717, 1.165) is 12.8 Å². The average Bonchev–Trinajstić information content (AvgIpc) is 2.43.